The van der Waals surface area contributed by atoms with Crippen LogP contribution in [-0.2, 0) is 14.3 Å². The number of carboxylic acid groups (broad SMARTS) is 1. The summed E-state index contributed by atoms with van der Waals surface area (Å²) in [5, 5.41) is 21.0. The number of carbonyl (C=O) groups is 2. The monoisotopic (exact) mass is 301 g/mol. The number of β-lactam (4-membered cyclic amide) rings is 1. The van der Waals surface area contributed by atoms with Gasteiger partial charge in [0, 0.05) is 0 Å². The number of amides is 1. The van der Waals surface area contributed by atoms with E-state index in [9.17, 15) is 19.8 Å². The first-order valence-corrected chi connectivity index (χ1v) is 6.75. The SMILES string of the molecule is C[C@@H](O)[C@H]1C(=O)N2C(C(=O)[O-])=C(C3=CCOCC3)C[C@H]12.[Na+]. The Labute approximate surface area is 144 Å². The van der Waals surface area contributed by atoms with Gasteiger partial charge in [-0.3, -0.25) is 4.79 Å². The van der Waals surface area contributed by atoms with E-state index >= 15 is 0 Å². The molecule has 3 atom stereocenters. The largest absolute Gasteiger partial charge is 1.00 e. The smallest absolute Gasteiger partial charge is 0.543 e. The molecule has 0 aliphatic carbocycles. The minimum Gasteiger partial charge on any atom is -0.543 e. The first-order chi connectivity index (χ1) is 9.52. The van der Waals surface area contributed by atoms with Gasteiger partial charge in [0.1, 0.15) is 0 Å². The van der Waals surface area contributed by atoms with Gasteiger partial charge in [-0.15, -0.1) is 0 Å². The fourth-order valence-electron chi connectivity index (χ4n) is 3.35. The molecular formula is C14H16NNaO5. The standard InChI is InChI=1S/C14H17NO5.Na/c1-7(16)11-10-6-9(8-2-4-20-5-3-8)12(14(18)19)15(10)13(11)17;/h2,7,10-11,16H,3-6H2,1H3,(H,18,19);/q;+1/p-1/t7-,10-,11-;/m1./s1. The third kappa shape index (κ3) is 2.59. The van der Waals surface area contributed by atoms with Crippen LogP contribution < -0.4 is 34.7 Å². The van der Waals surface area contributed by atoms with E-state index in [0.29, 0.717) is 31.6 Å². The molecule has 108 valence electrons. The number of carboxylic acids is 1. The molecule has 0 radical (unpaired) electrons. The first-order valence-electron chi connectivity index (χ1n) is 6.75. The van der Waals surface area contributed by atoms with Gasteiger partial charge in [-0.25, -0.2) is 0 Å². The van der Waals surface area contributed by atoms with E-state index in [1.54, 1.807) is 6.92 Å². The molecule has 0 bridgehead atoms. The van der Waals surface area contributed by atoms with Gasteiger partial charge in [-0.2, -0.15) is 0 Å². The Balaban J connectivity index is 0.00000161. The molecule has 1 fully saturated rings. The van der Waals surface area contributed by atoms with Gasteiger partial charge in [0.05, 0.1) is 42.9 Å². The fourth-order valence-corrected chi connectivity index (χ4v) is 3.35. The second-order valence-corrected chi connectivity index (χ2v) is 5.41. The van der Waals surface area contributed by atoms with Crippen molar-refractivity contribution in [1.82, 2.24) is 4.90 Å². The number of aliphatic carboxylic acids is 1. The van der Waals surface area contributed by atoms with E-state index < -0.39 is 18.0 Å². The van der Waals surface area contributed by atoms with Crippen LogP contribution in [0, 0.1) is 5.92 Å². The second-order valence-electron chi connectivity index (χ2n) is 5.41. The maximum Gasteiger partial charge on any atom is 1.00 e. The van der Waals surface area contributed by atoms with Gasteiger partial charge in [-0.05, 0) is 30.9 Å². The van der Waals surface area contributed by atoms with Crippen molar-refractivity contribution in [2.45, 2.75) is 31.9 Å². The Morgan fingerprint density at radius 3 is 2.81 bits per heavy atom. The van der Waals surface area contributed by atoms with E-state index in [4.69, 9.17) is 4.74 Å². The van der Waals surface area contributed by atoms with Gasteiger partial charge in [0.25, 0.3) is 0 Å². The Hall–Kier alpha value is -0.660. The normalized spacial score (nSPS) is 29.3. The minimum absolute atomic E-state index is 0. The summed E-state index contributed by atoms with van der Waals surface area (Å²) in [6.07, 6.45) is 2.20. The average Bonchev–Trinajstić information content (AvgIpc) is 2.74. The zero-order chi connectivity index (χ0) is 14.4. The zero-order valence-corrected chi connectivity index (χ0v) is 14.2. The summed E-state index contributed by atoms with van der Waals surface area (Å²) in [4.78, 5) is 24.7. The van der Waals surface area contributed by atoms with Crippen molar-refractivity contribution in [3.63, 3.8) is 0 Å². The number of ether oxygens (including phenoxy) is 1. The zero-order valence-electron chi connectivity index (χ0n) is 12.2. The van der Waals surface area contributed by atoms with Crippen LogP contribution in [-0.4, -0.2) is 47.2 Å². The van der Waals surface area contributed by atoms with Crippen molar-refractivity contribution in [1.29, 1.82) is 0 Å². The molecule has 3 aliphatic rings. The van der Waals surface area contributed by atoms with Crippen molar-refractivity contribution in [2.24, 2.45) is 5.92 Å². The van der Waals surface area contributed by atoms with E-state index in [2.05, 4.69) is 0 Å². The molecule has 0 aromatic rings. The van der Waals surface area contributed by atoms with Gasteiger partial charge in [0.2, 0.25) is 5.91 Å². The van der Waals surface area contributed by atoms with E-state index in [1.807, 2.05) is 6.08 Å². The fraction of sp³-hybridized carbons (Fsp3) is 0.571. The molecule has 1 amide bonds. The molecule has 6 nitrogen and oxygen atoms in total. The summed E-state index contributed by atoms with van der Waals surface area (Å²) in [5.41, 5.74) is 1.56. The summed E-state index contributed by atoms with van der Waals surface area (Å²) < 4.78 is 5.22. The molecule has 0 unspecified atom stereocenters. The Kier molecular flexibility index (Phi) is 4.95. The predicted molar refractivity (Wildman–Crippen MR) is 66.0 cm³/mol. The maximum atomic E-state index is 12.0. The summed E-state index contributed by atoms with van der Waals surface area (Å²) in [6, 6.07) is -0.255. The topological polar surface area (TPSA) is 89.9 Å². The minimum atomic E-state index is -1.33. The second kappa shape index (κ2) is 6.22. The van der Waals surface area contributed by atoms with Gasteiger partial charge >= 0.3 is 29.6 Å². The molecule has 3 aliphatic heterocycles. The van der Waals surface area contributed by atoms with Gasteiger partial charge in [-0.1, -0.05) is 6.08 Å². The number of aliphatic hydroxyl groups excluding tert-OH is 1. The van der Waals surface area contributed by atoms with E-state index in [-0.39, 0.29) is 47.2 Å². The van der Waals surface area contributed by atoms with Crippen LogP contribution in [0.3, 0.4) is 0 Å². The van der Waals surface area contributed by atoms with Crippen molar-refractivity contribution in [3.8, 4) is 0 Å². The molecule has 1 saturated heterocycles. The van der Waals surface area contributed by atoms with Gasteiger partial charge in [0.15, 0.2) is 0 Å². The molecule has 0 spiro atoms. The molecule has 1 N–H and O–H groups in total. The third-order valence-electron chi connectivity index (χ3n) is 4.27. The summed E-state index contributed by atoms with van der Waals surface area (Å²) >= 11 is 0. The van der Waals surface area contributed by atoms with Gasteiger partial charge < -0.3 is 24.6 Å². The Morgan fingerprint density at radius 1 is 1.57 bits per heavy atom. The van der Waals surface area contributed by atoms with E-state index in [1.165, 1.54) is 4.90 Å². The van der Waals surface area contributed by atoms with Crippen LogP contribution in [0.2, 0.25) is 0 Å². The Bertz CT molecular complexity index is 539. The average molecular weight is 301 g/mol. The predicted octanol–water partition coefficient (Wildman–Crippen LogP) is -4.05. The molecule has 0 aromatic carbocycles. The number of hydrogen-bond donors (Lipinski definition) is 1. The van der Waals surface area contributed by atoms with E-state index in [0.717, 1.165) is 5.57 Å². The summed E-state index contributed by atoms with van der Waals surface area (Å²) in [7, 11) is 0. The van der Waals surface area contributed by atoms with Crippen LogP contribution in [0.4, 0.5) is 0 Å². The van der Waals surface area contributed by atoms with Crippen LogP contribution in [0.15, 0.2) is 22.9 Å². The molecule has 3 heterocycles. The Morgan fingerprint density at radius 2 is 2.29 bits per heavy atom. The van der Waals surface area contributed by atoms with Crippen molar-refractivity contribution in [3.05, 3.63) is 22.9 Å². The first kappa shape index (κ1) is 16.7. The maximum absolute atomic E-state index is 12.0. The van der Waals surface area contributed by atoms with Crippen LogP contribution in [0.1, 0.15) is 19.8 Å². The number of nitrogens with zero attached hydrogens (tertiary/aromatic N) is 1. The van der Waals surface area contributed by atoms with Crippen molar-refractivity contribution in [2.75, 3.05) is 13.2 Å². The third-order valence-corrected chi connectivity index (χ3v) is 4.27. The summed E-state index contributed by atoms with van der Waals surface area (Å²) in [5.74, 6) is -2.17. The molecule has 0 aromatic heterocycles. The van der Waals surface area contributed by atoms with Crippen molar-refractivity contribution >= 4 is 11.9 Å². The molecular weight excluding hydrogens is 285 g/mol. The molecule has 0 saturated carbocycles. The molecule has 7 heteroatoms. The van der Waals surface area contributed by atoms with Crippen molar-refractivity contribution < 1.29 is 54.1 Å². The number of hydrogen-bond acceptors (Lipinski definition) is 5. The molecule has 21 heavy (non-hydrogen) atoms. The number of aliphatic hydroxyl groups is 1. The number of fused-ring (bicyclic) bond motifs is 1. The molecule has 3 rings (SSSR count). The number of rotatable bonds is 3. The van der Waals surface area contributed by atoms with Crippen LogP contribution in [0.25, 0.3) is 0 Å². The number of carbonyl (C=O) groups excluding carboxylic acids is 2. The summed E-state index contributed by atoms with van der Waals surface area (Å²) in [6.45, 7) is 2.57. The van der Waals surface area contributed by atoms with Crippen LogP contribution >= 0.6 is 0 Å². The quantitative estimate of drug-likeness (QED) is 0.423. The van der Waals surface area contributed by atoms with Crippen LogP contribution in [0.5, 0.6) is 0 Å².